The van der Waals surface area contributed by atoms with Crippen LogP contribution in [0.1, 0.15) is 58.2 Å². The zero-order chi connectivity index (χ0) is 27.6. The molecule has 0 fully saturated rings. The van der Waals surface area contributed by atoms with Gasteiger partial charge in [0.05, 0.1) is 5.41 Å². The Morgan fingerprint density at radius 2 is 1.44 bits per heavy atom. The molecule has 0 amide bonds. The Morgan fingerprint density at radius 3 is 2.15 bits per heavy atom. The van der Waals surface area contributed by atoms with Gasteiger partial charge in [0.15, 0.2) is 5.71 Å². The molecule has 3 aromatic carbocycles. The Kier molecular flexibility index (Phi) is 7.32. The smallest absolute Gasteiger partial charge is 0.209 e. The van der Waals surface area contributed by atoms with Crippen molar-refractivity contribution < 1.29 is 4.58 Å². The van der Waals surface area contributed by atoms with Crippen molar-refractivity contribution in [2.24, 2.45) is 0 Å². The summed E-state index contributed by atoms with van der Waals surface area (Å²) in [7, 11) is 0. The number of hydrogen-bond acceptors (Lipinski definition) is 1. The molecule has 0 radical (unpaired) electrons. The molecule has 0 saturated carbocycles. The van der Waals surface area contributed by atoms with Gasteiger partial charge < -0.3 is 4.90 Å². The fraction of sp³-hybridized carbons (Fsp3) is 0.270. The van der Waals surface area contributed by atoms with Gasteiger partial charge in [0.2, 0.25) is 5.69 Å². The fourth-order valence-corrected chi connectivity index (χ4v) is 6.33. The van der Waals surface area contributed by atoms with Gasteiger partial charge in [0.1, 0.15) is 6.54 Å². The van der Waals surface area contributed by atoms with E-state index in [-0.39, 0.29) is 10.8 Å². The van der Waals surface area contributed by atoms with Gasteiger partial charge in [0.25, 0.3) is 0 Å². The van der Waals surface area contributed by atoms with Crippen LogP contribution in [-0.4, -0.2) is 23.4 Å². The molecule has 0 atom stereocenters. The summed E-state index contributed by atoms with van der Waals surface area (Å²) in [5, 5.41) is 0. The normalized spacial score (nSPS) is 19.0. The highest BCUT2D eigenvalue weighted by Gasteiger charge is 2.43. The molecule has 0 bridgehead atoms. The molecule has 0 saturated heterocycles. The van der Waals surface area contributed by atoms with Crippen LogP contribution in [0.25, 0.3) is 5.57 Å². The molecular formula is C37H41N2+. The van der Waals surface area contributed by atoms with Gasteiger partial charge in [-0.25, -0.2) is 0 Å². The maximum Gasteiger partial charge on any atom is 0.209 e. The van der Waals surface area contributed by atoms with Gasteiger partial charge in [-0.1, -0.05) is 105 Å². The lowest BCUT2D eigenvalue weighted by Crippen LogP contribution is -2.27. The molecule has 2 nitrogen and oxygen atoms in total. The lowest BCUT2D eigenvalue weighted by Gasteiger charge is -2.25. The van der Waals surface area contributed by atoms with Crippen LogP contribution < -0.4 is 4.90 Å². The first kappa shape index (κ1) is 26.7. The van der Waals surface area contributed by atoms with Gasteiger partial charge in [0, 0.05) is 41.1 Å². The van der Waals surface area contributed by atoms with Crippen molar-refractivity contribution in [2.45, 2.75) is 52.4 Å². The maximum absolute atomic E-state index is 2.45. The predicted molar refractivity (Wildman–Crippen MR) is 168 cm³/mol. The number of rotatable bonds is 7. The minimum Gasteiger partial charge on any atom is -0.344 e. The van der Waals surface area contributed by atoms with Crippen LogP contribution in [0.5, 0.6) is 0 Å². The first-order valence-corrected chi connectivity index (χ1v) is 14.2. The van der Waals surface area contributed by atoms with E-state index >= 15 is 0 Å². The second-order valence-electron chi connectivity index (χ2n) is 11.4. The van der Waals surface area contributed by atoms with Gasteiger partial charge in [-0.2, -0.15) is 4.58 Å². The van der Waals surface area contributed by atoms with Crippen LogP contribution in [-0.2, 0) is 10.8 Å². The Balaban J connectivity index is 1.49. The molecular weight excluding hydrogens is 472 g/mol. The van der Waals surface area contributed by atoms with Crippen molar-refractivity contribution in [3.63, 3.8) is 0 Å². The molecule has 39 heavy (non-hydrogen) atoms. The number of nitrogens with zero attached hydrogens (tertiary/aromatic N) is 2. The standard InChI is InChI=1S/C37H41N2/c1-7-38-32-24-14-12-22-30(32)36(3,4)34(38)26-16-20-29(28-18-10-9-11-19-28)21-17-27-35-37(5,6)31-23-13-15-25-33(31)39(35)8-2/h9-27H,7-8H2,1-6H3/q+1. The van der Waals surface area contributed by atoms with E-state index in [2.05, 4.69) is 166 Å². The second-order valence-corrected chi connectivity index (χ2v) is 11.4. The van der Waals surface area contributed by atoms with Crippen LogP contribution >= 0.6 is 0 Å². The summed E-state index contributed by atoms with van der Waals surface area (Å²) < 4.78 is 2.45. The molecule has 3 aromatic rings. The third kappa shape index (κ3) is 4.74. The van der Waals surface area contributed by atoms with Gasteiger partial charge >= 0.3 is 0 Å². The van der Waals surface area contributed by atoms with Crippen molar-refractivity contribution in [1.29, 1.82) is 0 Å². The number of hydrogen-bond donors (Lipinski definition) is 0. The number of anilines is 1. The highest BCUT2D eigenvalue weighted by atomic mass is 15.2. The molecule has 198 valence electrons. The van der Waals surface area contributed by atoms with E-state index in [0.717, 1.165) is 13.1 Å². The zero-order valence-electron chi connectivity index (χ0n) is 24.3. The topological polar surface area (TPSA) is 6.25 Å². The number of benzene rings is 3. The molecule has 5 rings (SSSR count). The van der Waals surface area contributed by atoms with Crippen molar-refractivity contribution in [1.82, 2.24) is 0 Å². The van der Waals surface area contributed by atoms with E-state index in [0.29, 0.717) is 0 Å². The average molecular weight is 514 g/mol. The summed E-state index contributed by atoms with van der Waals surface area (Å²) in [6, 6.07) is 28.3. The number of allylic oxidation sites excluding steroid dienone is 8. The number of likely N-dealkylation sites (N-methyl/N-ethyl adjacent to an activating group) is 1. The average Bonchev–Trinajstić information content (AvgIpc) is 3.31. The van der Waals surface area contributed by atoms with Crippen molar-refractivity contribution in [3.05, 3.63) is 138 Å². The fourth-order valence-electron chi connectivity index (χ4n) is 6.33. The molecule has 0 aromatic heterocycles. The first-order chi connectivity index (χ1) is 18.8. The molecule has 2 heterocycles. The van der Waals surface area contributed by atoms with Crippen LogP contribution in [0.15, 0.2) is 121 Å². The summed E-state index contributed by atoms with van der Waals surface area (Å²) in [5.41, 5.74) is 10.5. The number of para-hydroxylation sites is 2. The summed E-state index contributed by atoms with van der Waals surface area (Å²) in [4.78, 5) is 2.45. The van der Waals surface area contributed by atoms with Crippen molar-refractivity contribution in [3.8, 4) is 0 Å². The van der Waals surface area contributed by atoms with E-state index < -0.39 is 0 Å². The summed E-state index contributed by atoms with van der Waals surface area (Å²) >= 11 is 0. The van der Waals surface area contributed by atoms with Crippen molar-refractivity contribution in [2.75, 3.05) is 18.0 Å². The van der Waals surface area contributed by atoms with Crippen LogP contribution in [0.4, 0.5) is 11.4 Å². The third-order valence-electron chi connectivity index (χ3n) is 8.40. The van der Waals surface area contributed by atoms with E-state index in [4.69, 9.17) is 0 Å². The van der Waals surface area contributed by atoms with Crippen LogP contribution in [0, 0.1) is 0 Å². The van der Waals surface area contributed by atoms with Crippen LogP contribution in [0.3, 0.4) is 0 Å². The van der Waals surface area contributed by atoms with E-state index in [1.54, 1.807) is 0 Å². The quantitative estimate of drug-likeness (QED) is 0.226. The summed E-state index contributed by atoms with van der Waals surface area (Å²) in [6.07, 6.45) is 13.5. The van der Waals surface area contributed by atoms with Gasteiger partial charge in [-0.3, -0.25) is 0 Å². The lowest BCUT2D eigenvalue weighted by molar-refractivity contribution is -0.433. The SMILES string of the molecule is CCN1/C(=C/C=C/C(=C/C=C/C2=[N+](CC)c3ccccc3C2(C)C)c2ccccc2)C(C)(C)c2ccccc21. The first-order valence-electron chi connectivity index (χ1n) is 14.2. The summed E-state index contributed by atoms with van der Waals surface area (Å²) in [6.45, 7) is 15.7. The molecule has 0 unspecified atom stereocenters. The van der Waals surface area contributed by atoms with E-state index in [1.807, 2.05) is 0 Å². The Hall–Kier alpha value is -3.91. The predicted octanol–water partition coefficient (Wildman–Crippen LogP) is 8.98. The molecule has 2 heteroatoms. The molecule has 2 aliphatic heterocycles. The molecule has 2 aliphatic rings. The summed E-state index contributed by atoms with van der Waals surface area (Å²) in [5.74, 6) is 0. The molecule has 0 aliphatic carbocycles. The largest absolute Gasteiger partial charge is 0.344 e. The zero-order valence-corrected chi connectivity index (χ0v) is 24.3. The maximum atomic E-state index is 2.45. The molecule has 0 spiro atoms. The van der Waals surface area contributed by atoms with Gasteiger partial charge in [-0.05, 0) is 56.5 Å². The second kappa shape index (κ2) is 10.7. The minimum atomic E-state index is -0.0310. The third-order valence-corrected chi connectivity index (χ3v) is 8.40. The minimum absolute atomic E-state index is 0.0310. The number of fused-ring (bicyclic) bond motifs is 2. The van der Waals surface area contributed by atoms with Gasteiger partial charge in [-0.15, -0.1) is 0 Å². The lowest BCUT2D eigenvalue weighted by atomic mass is 9.81. The van der Waals surface area contributed by atoms with E-state index in [9.17, 15) is 0 Å². The molecule has 0 N–H and O–H groups in total. The van der Waals surface area contributed by atoms with Crippen molar-refractivity contribution >= 4 is 22.7 Å². The Morgan fingerprint density at radius 1 is 0.769 bits per heavy atom. The Bertz CT molecular complexity index is 1510. The van der Waals surface area contributed by atoms with Crippen LogP contribution in [0.2, 0.25) is 0 Å². The monoisotopic (exact) mass is 513 g/mol. The highest BCUT2D eigenvalue weighted by Crippen LogP contribution is 2.47. The highest BCUT2D eigenvalue weighted by molar-refractivity contribution is 6.03. The van der Waals surface area contributed by atoms with E-state index in [1.165, 1.54) is 45.0 Å². The Labute approximate surface area is 235 Å².